The van der Waals surface area contributed by atoms with Crippen LogP contribution >= 0.6 is 0 Å². The van der Waals surface area contributed by atoms with E-state index in [2.05, 4.69) is 115 Å². The van der Waals surface area contributed by atoms with Crippen LogP contribution < -0.4 is 0 Å². The van der Waals surface area contributed by atoms with Crippen LogP contribution in [0.25, 0.3) is 11.1 Å². The Morgan fingerprint density at radius 3 is 2.40 bits per heavy atom. The predicted octanol–water partition coefficient (Wildman–Crippen LogP) is 11.8. The lowest BCUT2D eigenvalue weighted by Gasteiger charge is -2.36. The molecule has 0 heteroatoms. The third kappa shape index (κ3) is 5.57. The van der Waals surface area contributed by atoms with Crippen LogP contribution in [0.4, 0.5) is 0 Å². The van der Waals surface area contributed by atoms with Crippen molar-refractivity contribution in [2.45, 2.75) is 86.0 Å². The molecule has 0 radical (unpaired) electrons. The molecule has 2 aromatic carbocycles. The second-order valence-electron chi connectivity index (χ2n) is 12.7. The van der Waals surface area contributed by atoms with E-state index in [1.807, 2.05) is 0 Å². The Kier molecular flexibility index (Phi) is 8.74. The van der Waals surface area contributed by atoms with Gasteiger partial charge in [0.1, 0.15) is 0 Å². The molecule has 5 rings (SSSR count). The van der Waals surface area contributed by atoms with E-state index in [-0.39, 0.29) is 5.92 Å². The molecular weight excluding hydrogens is 504 g/mol. The summed E-state index contributed by atoms with van der Waals surface area (Å²) < 4.78 is 0. The molecule has 3 aliphatic rings. The highest BCUT2D eigenvalue weighted by Gasteiger charge is 2.41. The lowest BCUT2D eigenvalue weighted by Crippen LogP contribution is -2.22. The van der Waals surface area contributed by atoms with Crippen LogP contribution in [0.3, 0.4) is 0 Å². The van der Waals surface area contributed by atoms with E-state index in [9.17, 15) is 0 Å². The fourth-order valence-electron chi connectivity index (χ4n) is 7.44. The Morgan fingerprint density at radius 1 is 0.929 bits per heavy atom. The molecule has 0 spiro atoms. The second kappa shape index (κ2) is 12.3. The summed E-state index contributed by atoms with van der Waals surface area (Å²) in [5.74, 6) is 0.577. The number of hydrogen-bond acceptors (Lipinski definition) is 0. The van der Waals surface area contributed by atoms with Crippen molar-refractivity contribution in [2.24, 2.45) is 5.92 Å². The highest BCUT2D eigenvalue weighted by molar-refractivity contribution is 5.77. The van der Waals surface area contributed by atoms with Gasteiger partial charge >= 0.3 is 0 Å². The first-order chi connectivity index (χ1) is 20.2. The van der Waals surface area contributed by atoms with Gasteiger partial charge in [-0.2, -0.15) is 0 Å². The average molecular weight is 553 g/mol. The first-order valence-corrected chi connectivity index (χ1v) is 15.9. The van der Waals surface area contributed by atoms with E-state index in [0.29, 0.717) is 5.92 Å². The molecule has 42 heavy (non-hydrogen) atoms. The van der Waals surface area contributed by atoms with Crippen molar-refractivity contribution in [3.63, 3.8) is 0 Å². The molecule has 0 N–H and O–H groups in total. The Labute approximate surface area is 255 Å². The van der Waals surface area contributed by atoms with Crippen LogP contribution in [0.5, 0.6) is 0 Å². The molecule has 0 heterocycles. The third-order valence-electron chi connectivity index (χ3n) is 9.64. The fourth-order valence-corrected chi connectivity index (χ4v) is 7.44. The first-order valence-electron chi connectivity index (χ1n) is 15.9. The zero-order chi connectivity index (χ0) is 30.1. The standard InChI is InChI=1S/C42H48/c1-10-13-28(7)40-29(8)20-37-24-36(30(9)41(37)42(40)38-19-16-31(11-2)21-33(38)12-3)23-32-15-18-34(22-32)35-17-14-27(6)39(25-35)26(4)5/h14-21,23,25,41-42H,4,7,9-13,22,24H2,1-3,5-6,8H3. The number of rotatable bonds is 9. The SMILES string of the molecule is C=C(CCC)C1=C(C)C=C2CC(=CC3=CC=C(c4ccc(C)c(C(=C)C)c4)C3)C(=C)C2C1c1ccc(CC)cc1CC. The summed E-state index contributed by atoms with van der Waals surface area (Å²) in [6.45, 7) is 27.0. The van der Waals surface area contributed by atoms with Crippen molar-refractivity contribution >= 4 is 11.1 Å². The van der Waals surface area contributed by atoms with Crippen LogP contribution in [0.2, 0.25) is 0 Å². The minimum absolute atomic E-state index is 0.280. The molecule has 2 aromatic rings. The highest BCUT2D eigenvalue weighted by Crippen LogP contribution is 2.55. The van der Waals surface area contributed by atoms with Gasteiger partial charge in [-0.1, -0.05) is 118 Å². The van der Waals surface area contributed by atoms with Gasteiger partial charge < -0.3 is 0 Å². The molecular formula is C42H48. The summed E-state index contributed by atoms with van der Waals surface area (Å²) in [4.78, 5) is 0. The van der Waals surface area contributed by atoms with Gasteiger partial charge in [-0.25, -0.2) is 0 Å². The number of benzene rings is 2. The largest absolute Gasteiger partial charge is 0.0955 e. The maximum Gasteiger partial charge on any atom is 0.0203 e. The van der Waals surface area contributed by atoms with Crippen LogP contribution in [0, 0.1) is 12.8 Å². The van der Waals surface area contributed by atoms with E-state index < -0.39 is 0 Å². The van der Waals surface area contributed by atoms with E-state index in [0.717, 1.165) is 44.1 Å². The van der Waals surface area contributed by atoms with E-state index >= 15 is 0 Å². The quantitative estimate of drug-likeness (QED) is 0.290. The summed E-state index contributed by atoms with van der Waals surface area (Å²) in [7, 11) is 0. The number of fused-ring (bicyclic) bond motifs is 1. The Bertz CT molecular complexity index is 1620. The van der Waals surface area contributed by atoms with Crippen LogP contribution in [-0.4, -0.2) is 0 Å². The van der Waals surface area contributed by atoms with Gasteiger partial charge in [-0.3, -0.25) is 0 Å². The monoisotopic (exact) mass is 552 g/mol. The molecule has 1 saturated carbocycles. The van der Waals surface area contributed by atoms with E-state index in [1.54, 1.807) is 0 Å². The van der Waals surface area contributed by atoms with Crippen LogP contribution in [0.1, 0.15) is 99.6 Å². The van der Waals surface area contributed by atoms with Crippen molar-refractivity contribution in [1.29, 1.82) is 0 Å². The van der Waals surface area contributed by atoms with Gasteiger partial charge in [0.2, 0.25) is 0 Å². The fraction of sp³-hybridized carbons (Fsp3) is 0.333. The Morgan fingerprint density at radius 2 is 1.71 bits per heavy atom. The van der Waals surface area contributed by atoms with E-state index in [1.165, 1.54) is 78.0 Å². The normalized spacial score (nSPS) is 21.0. The van der Waals surface area contributed by atoms with E-state index in [4.69, 9.17) is 6.58 Å². The number of allylic oxidation sites excluding steroid dienone is 13. The molecule has 1 fully saturated rings. The smallest absolute Gasteiger partial charge is 0.0203 e. The summed E-state index contributed by atoms with van der Waals surface area (Å²) >= 11 is 0. The number of aryl methyl sites for hydroxylation is 3. The molecule has 0 amide bonds. The van der Waals surface area contributed by atoms with Gasteiger partial charge in [0.25, 0.3) is 0 Å². The van der Waals surface area contributed by atoms with Gasteiger partial charge in [0, 0.05) is 11.8 Å². The molecule has 0 aromatic heterocycles. The van der Waals surface area contributed by atoms with Crippen molar-refractivity contribution in [1.82, 2.24) is 0 Å². The molecule has 2 atom stereocenters. The van der Waals surface area contributed by atoms with Crippen LogP contribution in [0.15, 0.2) is 119 Å². The van der Waals surface area contributed by atoms with Gasteiger partial charge in [0.05, 0.1) is 0 Å². The van der Waals surface area contributed by atoms with Crippen molar-refractivity contribution in [2.75, 3.05) is 0 Å². The minimum atomic E-state index is 0.280. The lowest BCUT2D eigenvalue weighted by molar-refractivity contribution is 0.614. The van der Waals surface area contributed by atoms with Crippen molar-refractivity contribution in [3.8, 4) is 0 Å². The maximum atomic E-state index is 4.79. The second-order valence-corrected chi connectivity index (χ2v) is 12.7. The first kappa shape index (κ1) is 29.8. The van der Waals surface area contributed by atoms with Crippen molar-refractivity contribution in [3.05, 3.63) is 153 Å². The maximum absolute atomic E-state index is 4.79. The van der Waals surface area contributed by atoms with Gasteiger partial charge in [-0.15, -0.1) is 0 Å². The molecule has 0 bridgehead atoms. The number of hydrogen-bond donors (Lipinski definition) is 0. The Balaban J connectivity index is 1.48. The van der Waals surface area contributed by atoms with Crippen LogP contribution in [-0.2, 0) is 12.8 Å². The topological polar surface area (TPSA) is 0 Å². The summed E-state index contributed by atoms with van der Waals surface area (Å²) in [5, 5.41) is 0. The van der Waals surface area contributed by atoms with Crippen molar-refractivity contribution < 1.29 is 0 Å². The van der Waals surface area contributed by atoms with Gasteiger partial charge in [0.15, 0.2) is 0 Å². The molecule has 2 unspecified atom stereocenters. The zero-order valence-corrected chi connectivity index (χ0v) is 26.8. The minimum Gasteiger partial charge on any atom is -0.0955 e. The van der Waals surface area contributed by atoms with Gasteiger partial charge in [-0.05, 0) is 126 Å². The zero-order valence-electron chi connectivity index (χ0n) is 26.8. The predicted molar refractivity (Wildman–Crippen MR) is 185 cm³/mol. The molecule has 0 aliphatic heterocycles. The summed E-state index contributed by atoms with van der Waals surface area (Å²) in [6.07, 6.45) is 15.7. The highest BCUT2D eigenvalue weighted by atomic mass is 14.4. The average Bonchev–Trinajstić information content (AvgIpc) is 3.56. The third-order valence-corrected chi connectivity index (χ3v) is 9.64. The summed E-state index contributed by atoms with van der Waals surface area (Å²) in [6, 6.07) is 14.0. The molecule has 216 valence electrons. The lowest BCUT2D eigenvalue weighted by atomic mass is 9.68. The molecule has 0 nitrogen and oxygen atoms in total. The summed E-state index contributed by atoms with van der Waals surface area (Å²) in [5.41, 5.74) is 20.4. The Hall–Kier alpha value is -3.64. The molecule has 0 saturated heterocycles. The molecule has 3 aliphatic carbocycles.